The van der Waals surface area contributed by atoms with Crippen LogP contribution in [0.2, 0.25) is 0 Å². The maximum Gasteiger partial charge on any atom is 0.222 e. The van der Waals surface area contributed by atoms with E-state index in [9.17, 15) is 4.79 Å². The van der Waals surface area contributed by atoms with Gasteiger partial charge in [-0.3, -0.25) is 9.79 Å². The van der Waals surface area contributed by atoms with E-state index in [2.05, 4.69) is 27.4 Å². The smallest absolute Gasteiger partial charge is 0.222 e. The lowest BCUT2D eigenvalue weighted by molar-refractivity contribution is -0.121. The van der Waals surface area contributed by atoms with E-state index in [1.165, 1.54) is 12.8 Å². The van der Waals surface area contributed by atoms with Gasteiger partial charge in [-0.1, -0.05) is 6.92 Å². The minimum absolute atomic E-state index is 0. The Hall–Kier alpha value is -0.570. The Morgan fingerprint density at radius 2 is 2.08 bits per heavy atom. The summed E-state index contributed by atoms with van der Waals surface area (Å²) in [5.41, 5.74) is 0. The summed E-state index contributed by atoms with van der Waals surface area (Å²) in [5.74, 6) is 1.69. The minimum atomic E-state index is 0. The van der Waals surface area contributed by atoms with Gasteiger partial charge in [-0.15, -0.1) is 24.0 Å². The molecule has 1 atom stereocenters. The number of amides is 1. The highest BCUT2D eigenvalue weighted by molar-refractivity contribution is 14.0. The fourth-order valence-electron chi connectivity index (χ4n) is 2.02. The van der Waals surface area contributed by atoms with Gasteiger partial charge in [-0.05, 0) is 39.0 Å². The van der Waals surface area contributed by atoms with Gasteiger partial charge in [0.1, 0.15) is 0 Å². The van der Waals surface area contributed by atoms with E-state index in [4.69, 9.17) is 4.74 Å². The molecule has 1 saturated carbocycles. The lowest BCUT2D eigenvalue weighted by Crippen LogP contribution is -2.41. The van der Waals surface area contributed by atoms with Gasteiger partial charge in [0.15, 0.2) is 5.96 Å². The van der Waals surface area contributed by atoms with Crippen molar-refractivity contribution >= 4 is 35.8 Å². The fraction of sp³-hybridized carbons (Fsp3) is 0.882. The van der Waals surface area contributed by atoms with Crippen LogP contribution in [-0.2, 0) is 9.53 Å². The Morgan fingerprint density at radius 3 is 2.67 bits per heavy atom. The summed E-state index contributed by atoms with van der Waals surface area (Å²) in [4.78, 5) is 18.4. The van der Waals surface area contributed by atoms with E-state index in [1.54, 1.807) is 0 Å². The van der Waals surface area contributed by atoms with Crippen molar-refractivity contribution in [3.8, 4) is 0 Å². The average Bonchev–Trinajstić information content (AvgIpc) is 3.34. The van der Waals surface area contributed by atoms with E-state index in [0.29, 0.717) is 19.6 Å². The zero-order chi connectivity index (χ0) is 17.1. The lowest BCUT2D eigenvalue weighted by Gasteiger charge is -2.22. The first-order valence-electron chi connectivity index (χ1n) is 8.93. The van der Waals surface area contributed by atoms with Crippen LogP contribution < -0.4 is 10.6 Å². The monoisotopic (exact) mass is 454 g/mol. The molecule has 0 aliphatic heterocycles. The predicted octanol–water partition coefficient (Wildman–Crippen LogP) is 2.23. The van der Waals surface area contributed by atoms with Crippen LogP contribution >= 0.6 is 24.0 Å². The van der Waals surface area contributed by atoms with Gasteiger partial charge in [-0.25, -0.2) is 0 Å². The van der Waals surface area contributed by atoms with Crippen molar-refractivity contribution in [3.05, 3.63) is 0 Å². The molecule has 6 nitrogen and oxygen atoms in total. The molecule has 1 rings (SSSR count). The second-order valence-electron chi connectivity index (χ2n) is 6.30. The Kier molecular flexibility index (Phi) is 13.4. The number of halogens is 1. The van der Waals surface area contributed by atoms with Crippen molar-refractivity contribution in [1.82, 2.24) is 15.5 Å². The highest BCUT2D eigenvalue weighted by Gasteiger charge is 2.21. The standard InChI is InChI=1S/C17H34N4O2.HI/c1-5-14(3)20-16(22)9-10-19-17(18-6-2)21(4)11-12-23-13-15-7-8-15;/h14-15H,5-13H2,1-4H3,(H,18,19)(H,20,22);1H. The first-order chi connectivity index (χ1) is 11.1. The van der Waals surface area contributed by atoms with Gasteiger partial charge in [-0.2, -0.15) is 0 Å². The molecule has 1 unspecified atom stereocenters. The van der Waals surface area contributed by atoms with Crippen LogP contribution in [0, 0.1) is 5.92 Å². The molecule has 2 N–H and O–H groups in total. The molecule has 7 heteroatoms. The zero-order valence-electron chi connectivity index (χ0n) is 15.6. The van der Waals surface area contributed by atoms with Crippen molar-refractivity contribution in [2.75, 3.05) is 39.9 Å². The van der Waals surface area contributed by atoms with Crippen LogP contribution in [0.25, 0.3) is 0 Å². The first kappa shape index (κ1) is 23.4. The number of ether oxygens (including phenoxy) is 1. The highest BCUT2D eigenvalue weighted by Crippen LogP contribution is 2.28. The molecule has 24 heavy (non-hydrogen) atoms. The van der Waals surface area contributed by atoms with Gasteiger partial charge in [0.2, 0.25) is 5.91 Å². The molecular weight excluding hydrogens is 419 g/mol. The Morgan fingerprint density at radius 1 is 1.38 bits per heavy atom. The number of hydrogen-bond donors (Lipinski definition) is 2. The number of guanidine groups is 1. The Balaban J connectivity index is 0.00000529. The van der Waals surface area contributed by atoms with E-state index in [1.807, 2.05) is 20.9 Å². The van der Waals surface area contributed by atoms with E-state index in [-0.39, 0.29) is 35.9 Å². The molecule has 0 spiro atoms. The maximum absolute atomic E-state index is 11.8. The summed E-state index contributed by atoms with van der Waals surface area (Å²) in [5, 5.41) is 6.22. The van der Waals surface area contributed by atoms with Crippen LogP contribution in [0.1, 0.15) is 46.5 Å². The van der Waals surface area contributed by atoms with Gasteiger partial charge >= 0.3 is 0 Å². The van der Waals surface area contributed by atoms with Crippen molar-refractivity contribution in [2.24, 2.45) is 10.9 Å². The fourth-order valence-corrected chi connectivity index (χ4v) is 2.02. The van der Waals surface area contributed by atoms with Gasteiger partial charge in [0, 0.05) is 39.2 Å². The van der Waals surface area contributed by atoms with Crippen LogP contribution in [-0.4, -0.2) is 62.7 Å². The Labute approximate surface area is 164 Å². The predicted molar refractivity (Wildman–Crippen MR) is 110 cm³/mol. The van der Waals surface area contributed by atoms with E-state index < -0.39 is 0 Å². The first-order valence-corrected chi connectivity index (χ1v) is 8.93. The number of aliphatic imine (C=N–C) groups is 1. The number of carbonyl (C=O) groups excluding carboxylic acids is 1. The Bertz CT molecular complexity index is 376. The number of nitrogens with zero attached hydrogens (tertiary/aromatic N) is 2. The molecule has 0 heterocycles. The largest absolute Gasteiger partial charge is 0.379 e. The third kappa shape index (κ3) is 11.1. The molecule has 0 aromatic carbocycles. The summed E-state index contributed by atoms with van der Waals surface area (Å²) >= 11 is 0. The number of rotatable bonds is 11. The van der Waals surface area contributed by atoms with Crippen LogP contribution in [0.5, 0.6) is 0 Å². The summed E-state index contributed by atoms with van der Waals surface area (Å²) in [6, 6.07) is 0.228. The summed E-state index contributed by atoms with van der Waals surface area (Å²) < 4.78 is 5.67. The molecular formula is C17H35IN4O2. The number of likely N-dealkylation sites (N-methyl/N-ethyl adjacent to an activating group) is 1. The molecule has 0 bridgehead atoms. The third-order valence-corrected chi connectivity index (χ3v) is 3.94. The second-order valence-corrected chi connectivity index (χ2v) is 6.30. The topological polar surface area (TPSA) is 66.0 Å². The summed E-state index contributed by atoms with van der Waals surface area (Å²) in [6.07, 6.45) is 4.00. The molecule has 142 valence electrons. The zero-order valence-corrected chi connectivity index (χ0v) is 18.0. The SMILES string of the molecule is CCNC(=NCCC(=O)NC(C)CC)N(C)CCOCC1CC1.I. The van der Waals surface area contributed by atoms with Crippen molar-refractivity contribution in [3.63, 3.8) is 0 Å². The van der Waals surface area contributed by atoms with Gasteiger partial charge in [0.05, 0.1) is 13.2 Å². The normalized spacial score (nSPS) is 15.4. The molecule has 1 amide bonds. The molecule has 1 fully saturated rings. The molecule has 0 saturated heterocycles. The van der Waals surface area contributed by atoms with Crippen LogP contribution in [0.3, 0.4) is 0 Å². The van der Waals surface area contributed by atoms with Crippen molar-refractivity contribution in [1.29, 1.82) is 0 Å². The van der Waals surface area contributed by atoms with Gasteiger partial charge in [0.25, 0.3) is 0 Å². The molecule has 1 aliphatic rings. The molecule has 0 aromatic rings. The van der Waals surface area contributed by atoms with Crippen LogP contribution in [0.15, 0.2) is 4.99 Å². The van der Waals surface area contributed by atoms with Crippen LogP contribution in [0.4, 0.5) is 0 Å². The minimum Gasteiger partial charge on any atom is -0.379 e. The summed E-state index contributed by atoms with van der Waals surface area (Å²) in [6.45, 7) is 9.83. The van der Waals surface area contributed by atoms with Gasteiger partial charge < -0.3 is 20.3 Å². The maximum atomic E-state index is 11.8. The number of nitrogens with one attached hydrogen (secondary N) is 2. The lowest BCUT2D eigenvalue weighted by atomic mass is 10.2. The molecule has 0 aromatic heterocycles. The summed E-state index contributed by atoms with van der Waals surface area (Å²) in [7, 11) is 2.00. The van der Waals surface area contributed by atoms with Crippen molar-refractivity contribution < 1.29 is 9.53 Å². The second kappa shape index (κ2) is 13.7. The quantitative estimate of drug-likeness (QED) is 0.218. The van der Waals surface area contributed by atoms with E-state index in [0.717, 1.165) is 38.0 Å². The third-order valence-electron chi connectivity index (χ3n) is 3.94. The molecule has 1 aliphatic carbocycles. The van der Waals surface area contributed by atoms with Crippen molar-refractivity contribution in [2.45, 2.75) is 52.5 Å². The average molecular weight is 454 g/mol. The molecule has 0 radical (unpaired) electrons. The highest BCUT2D eigenvalue weighted by atomic mass is 127. The van der Waals surface area contributed by atoms with E-state index >= 15 is 0 Å². The number of hydrogen-bond acceptors (Lipinski definition) is 3. The number of carbonyl (C=O) groups is 1.